The van der Waals surface area contributed by atoms with E-state index in [0.717, 1.165) is 0 Å². The van der Waals surface area contributed by atoms with Gasteiger partial charge in [0.25, 0.3) is 0 Å². The molecule has 0 radical (unpaired) electrons. The van der Waals surface area contributed by atoms with E-state index in [4.69, 9.17) is 0 Å². The molecule has 0 aromatic heterocycles. The SMILES string of the molecule is C/C=C/C=C/C(C)(O)C/C=C/C. The molecular formula is C11H18O. The van der Waals surface area contributed by atoms with E-state index in [0.29, 0.717) is 6.42 Å². The molecule has 0 aromatic carbocycles. The molecule has 1 N–H and O–H groups in total. The first kappa shape index (κ1) is 11.2. The molecule has 0 bridgehead atoms. The second-order valence-electron chi connectivity index (χ2n) is 3.02. The molecule has 0 saturated heterocycles. The minimum absolute atomic E-state index is 0.664. The van der Waals surface area contributed by atoms with Gasteiger partial charge in [0.1, 0.15) is 0 Å². The van der Waals surface area contributed by atoms with Gasteiger partial charge in [-0.25, -0.2) is 0 Å². The zero-order valence-corrected chi connectivity index (χ0v) is 8.12. The summed E-state index contributed by atoms with van der Waals surface area (Å²) in [6.07, 6.45) is 12.1. The van der Waals surface area contributed by atoms with Crippen molar-refractivity contribution in [3.8, 4) is 0 Å². The molecule has 0 rings (SSSR count). The molecule has 1 nitrogen and oxygen atoms in total. The standard InChI is InChI=1S/C11H18O/c1-4-6-8-10-11(3,12)9-7-5-2/h4-8,10,12H,9H2,1-3H3/b6-4+,7-5+,10-8+. The average molecular weight is 166 g/mol. The Hall–Kier alpha value is -0.820. The Morgan fingerprint density at radius 1 is 1.17 bits per heavy atom. The predicted molar refractivity (Wildman–Crippen MR) is 54.0 cm³/mol. The number of aliphatic hydroxyl groups is 1. The van der Waals surface area contributed by atoms with Gasteiger partial charge >= 0.3 is 0 Å². The maximum absolute atomic E-state index is 9.70. The van der Waals surface area contributed by atoms with Crippen LogP contribution < -0.4 is 0 Å². The Morgan fingerprint density at radius 2 is 1.83 bits per heavy atom. The van der Waals surface area contributed by atoms with Crippen LogP contribution in [-0.2, 0) is 0 Å². The third-order valence-corrected chi connectivity index (χ3v) is 1.53. The van der Waals surface area contributed by atoms with Gasteiger partial charge in [-0.3, -0.25) is 0 Å². The van der Waals surface area contributed by atoms with Crippen LogP contribution in [0.25, 0.3) is 0 Å². The number of hydrogen-bond donors (Lipinski definition) is 1. The molecule has 0 aromatic rings. The Kier molecular flexibility index (Phi) is 5.39. The van der Waals surface area contributed by atoms with Crippen molar-refractivity contribution in [1.82, 2.24) is 0 Å². The van der Waals surface area contributed by atoms with Gasteiger partial charge in [0.15, 0.2) is 0 Å². The number of rotatable bonds is 4. The highest BCUT2D eigenvalue weighted by Gasteiger charge is 2.12. The van der Waals surface area contributed by atoms with Crippen molar-refractivity contribution in [2.45, 2.75) is 32.8 Å². The predicted octanol–water partition coefficient (Wildman–Crippen LogP) is 2.84. The molecule has 0 fully saturated rings. The summed E-state index contributed by atoms with van der Waals surface area (Å²) >= 11 is 0. The third kappa shape index (κ3) is 5.93. The van der Waals surface area contributed by atoms with E-state index in [2.05, 4.69) is 0 Å². The average Bonchev–Trinajstić information content (AvgIpc) is 2.01. The van der Waals surface area contributed by atoms with Crippen molar-refractivity contribution in [2.24, 2.45) is 0 Å². The molecule has 12 heavy (non-hydrogen) atoms. The minimum Gasteiger partial charge on any atom is -0.386 e. The molecule has 0 saturated carbocycles. The lowest BCUT2D eigenvalue weighted by atomic mass is 10.0. The summed E-state index contributed by atoms with van der Waals surface area (Å²) in [6, 6.07) is 0. The quantitative estimate of drug-likeness (QED) is 0.503. The summed E-state index contributed by atoms with van der Waals surface area (Å²) in [7, 11) is 0. The minimum atomic E-state index is -0.716. The molecule has 0 aliphatic rings. The van der Waals surface area contributed by atoms with Crippen molar-refractivity contribution in [3.63, 3.8) is 0 Å². The Bertz CT molecular complexity index is 185. The van der Waals surface area contributed by atoms with Crippen LogP contribution in [0.15, 0.2) is 36.5 Å². The fourth-order valence-electron chi connectivity index (χ4n) is 0.798. The first-order valence-electron chi connectivity index (χ1n) is 4.26. The number of allylic oxidation sites excluding steroid dienone is 4. The van der Waals surface area contributed by atoms with Gasteiger partial charge in [0.2, 0.25) is 0 Å². The second kappa shape index (κ2) is 5.78. The van der Waals surface area contributed by atoms with E-state index in [-0.39, 0.29) is 0 Å². The van der Waals surface area contributed by atoms with Crippen LogP contribution >= 0.6 is 0 Å². The fourth-order valence-corrected chi connectivity index (χ4v) is 0.798. The van der Waals surface area contributed by atoms with Crippen molar-refractivity contribution < 1.29 is 5.11 Å². The first-order valence-corrected chi connectivity index (χ1v) is 4.26. The molecular weight excluding hydrogens is 148 g/mol. The molecule has 0 aliphatic heterocycles. The summed E-state index contributed by atoms with van der Waals surface area (Å²) in [5.74, 6) is 0. The third-order valence-electron chi connectivity index (χ3n) is 1.53. The lowest BCUT2D eigenvalue weighted by Gasteiger charge is -2.15. The smallest absolute Gasteiger partial charge is 0.0836 e. The monoisotopic (exact) mass is 166 g/mol. The van der Waals surface area contributed by atoms with Gasteiger partial charge in [0, 0.05) is 0 Å². The van der Waals surface area contributed by atoms with Gasteiger partial charge in [-0.2, -0.15) is 0 Å². The van der Waals surface area contributed by atoms with Gasteiger partial charge < -0.3 is 5.11 Å². The summed E-state index contributed by atoms with van der Waals surface area (Å²) in [4.78, 5) is 0. The van der Waals surface area contributed by atoms with Crippen LogP contribution in [-0.4, -0.2) is 10.7 Å². The fraction of sp³-hybridized carbons (Fsp3) is 0.455. The van der Waals surface area contributed by atoms with Crippen molar-refractivity contribution in [3.05, 3.63) is 36.5 Å². The maximum atomic E-state index is 9.70. The molecule has 1 atom stereocenters. The molecule has 0 heterocycles. The number of hydrogen-bond acceptors (Lipinski definition) is 1. The van der Waals surface area contributed by atoms with E-state index in [9.17, 15) is 5.11 Å². The summed E-state index contributed by atoms with van der Waals surface area (Å²) in [5.41, 5.74) is -0.716. The van der Waals surface area contributed by atoms with E-state index in [1.807, 2.05) is 44.2 Å². The Labute approximate surface area is 75.1 Å². The maximum Gasteiger partial charge on any atom is 0.0836 e. The van der Waals surface area contributed by atoms with Crippen molar-refractivity contribution in [2.75, 3.05) is 0 Å². The highest BCUT2D eigenvalue weighted by molar-refractivity contribution is 5.09. The van der Waals surface area contributed by atoms with Crippen LogP contribution in [0.5, 0.6) is 0 Å². The van der Waals surface area contributed by atoms with E-state index < -0.39 is 5.60 Å². The molecule has 0 aliphatic carbocycles. The van der Waals surface area contributed by atoms with Gasteiger partial charge in [-0.15, -0.1) is 0 Å². The molecule has 68 valence electrons. The Morgan fingerprint density at radius 3 is 2.33 bits per heavy atom. The second-order valence-corrected chi connectivity index (χ2v) is 3.02. The van der Waals surface area contributed by atoms with Gasteiger partial charge in [-0.05, 0) is 27.2 Å². The van der Waals surface area contributed by atoms with Crippen LogP contribution in [0.1, 0.15) is 27.2 Å². The zero-order valence-electron chi connectivity index (χ0n) is 8.12. The van der Waals surface area contributed by atoms with Gasteiger partial charge in [-0.1, -0.05) is 36.5 Å². The van der Waals surface area contributed by atoms with Crippen LogP contribution in [0.2, 0.25) is 0 Å². The first-order chi connectivity index (χ1) is 5.62. The molecule has 1 unspecified atom stereocenters. The largest absolute Gasteiger partial charge is 0.386 e. The van der Waals surface area contributed by atoms with E-state index in [1.54, 1.807) is 13.0 Å². The summed E-state index contributed by atoms with van der Waals surface area (Å²) < 4.78 is 0. The lowest BCUT2D eigenvalue weighted by molar-refractivity contribution is 0.115. The molecule has 0 spiro atoms. The Balaban J connectivity index is 4.02. The highest BCUT2D eigenvalue weighted by atomic mass is 16.3. The van der Waals surface area contributed by atoms with Crippen molar-refractivity contribution in [1.29, 1.82) is 0 Å². The topological polar surface area (TPSA) is 20.2 Å². The molecule has 1 heteroatoms. The van der Waals surface area contributed by atoms with Crippen LogP contribution in [0.4, 0.5) is 0 Å². The van der Waals surface area contributed by atoms with Crippen LogP contribution in [0.3, 0.4) is 0 Å². The summed E-state index contributed by atoms with van der Waals surface area (Å²) in [6.45, 7) is 5.70. The molecule has 0 amide bonds. The van der Waals surface area contributed by atoms with Gasteiger partial charge in [0.05, 0.1) is 5.60 Å². The lowest BCUT2D eigenvalue weighted by Crippen LogP contribution is -2.18. The zero-order chi connectivity index (χ0) is 9.45. The van der Waals surface area contributed by atoms with Crippen molar-refractivity contribution >= 4 is 0 Å². The van der Waals surface area contributed by atoms with E-state index >= 15 is 0 Å². The summed E-state index contributed by atoms with van der Waals surface area (Å²) in [5, 5.41) is 9.70. The highest BCUT2D eigenvalue weighted by Crippen LogP contribution is 2.11. The van der Waals surface area contributed by atoms with Crippen LogP contribution in [0, 0.1) is 0 Å². The van der Waals surface area contributed by atoms with E-state index in [1.165, 1.54) is 0 Å². The normalized spacial score (nSPS) is 18.0.